The maximum Gasteiger partial charge on any atom is 0.124 e. The molecule has 116 valence electrons. The zero-order valence-corrected chi connectivity index (χ0v) is 12.9. The molecular weight excluding hydrogens is 272 g/mol. The smallest absolute Gasteiger partial charge is 0.124 e. The summed E-state index contributed by atoms with van der Waals surface area (Å²) in [4.78, 5) is 2.47. The minimum Gasteiger partial charge on any atom is -0.489 e. The first-order chi connectivity index (χ1) is 10.8. The van der Waals surface area contributed by atoms with Crippen molar-refractivity contribution in [3.05, 3.63) is 65.7 Å². The molecule has 0 atom stereocenters. The minimum atomic E-state index is 0.376. The second kappa shape index (κ2) is 7.43. The van der Waals surface area contributed by atoms with Gasteiger partial charge < -0.3 is 10.5 Å². The summed E-state index contributed by atoms with van der Waals surface area (Å²) in [5.74, 6) is 0.987. The molecule has 2 aromatic rings. The number of ether oxygens (including phenoxy) is 1. The number of hydrogen-bond acceptors (Lipinski definition) is 3. The minimum absolute atomic E-state index is 0.376. The molecule has 0 saturated carbocycles. The van der Waals surface area contributed by atoms with Gasteiger partial charge in [-0.1, -0.05) is 48.5 Å². The lowest BCUT2D eigenvalue weighted by Gasteiger charge is -2.30. The maximum atomic E-state index is 6.03. The van der Waals surface area contributed by atoms with Crippen LogP contribution in [-0.4, -0.2) is 24.0 Å². The van der Waals surface area contributed by atoms with Gasteiger partial charge >= 0.3 is 0 Å². The molecule has 3 nitrogen and oxygen atoms in total. The van der Waals surface area contributed by atoms with Crippen LogP contribution >= 0.6 is 0 Å². The first-order valence-electron chi connectivity index (χ1n) is 8.04. The molecule has 0 unspecified atom stereocenters. The molecular formula is C19H24N2O. The molecule has 1 fully saturated rings. The van der Waals surface area contributed by atoms with Crippen molar-refractivity contribution in [2.24, 2.45) is 5.73 Å². The fourth-order valence-corrected chi connectivity index (χ4v) is 2.86. The summed E-state index contributed by atoms with van der Waals surface area (Å²) >= 11 is 0. The molecule has 0 aliphatic carbocycles. The van der Waals surface area contributed by atoms with Gasteiger partial charge in [-0.05, 0) is 37.6 Å². The van der Waals surface area contributed by atoms with Crippen LogP contribution in [0.1, 0.15) is 24.0 Å². The number of benzene rings is 2. The van der Waals surface area contributed by atoms with Crippen LogP contribution in [0.2, 0.25) is 0 Å². The van der Waals surface area contributed by atoms with Crippen molar-refractivity contribution in [3.8, 4) is 5.75 Å². The van der Waals surface area contributed by atoms with E-state index in [4.69, 9.17) is 10.5 Å². The predicted octanol–water partition coefficient (Wildman–Crippen LogP) is 3.19. The lowest BCUT2D eigenvalue weighted by atomic mass is 10.1. The Kier molecular flexibility index (Phi) is 5.09. The highest BCUT2D eigenvalue weighted by Gasteiger charge is 2.17. The van der Waals surface area contributed by atoms with Crippen molar-refractivity contribution < 1.29 is 4.74 Å². The summed E-state index contributed by atoms with van der Waals surface area (Å²) in [6.45, 7) is 3.71. The summed E-state index contributed by atoms with van der Waals surface area (Å²) < 4.78 is 6.03. The van der Waals surface area contributed by atoms with Crippen LogP contribution < -0.4 is 10.5 Å². The Balaban J connectivity index is 1.62. The zero-order valence-electron chi connectivity index (χ0n) is 12.9. The topological polar surface area (TPSA) is 38.5 Å². The van der Waals surface area contributed by atoms with Gasteiger partial charge in [-0.3, -0.25) is 4.90 Å². The average Bonchev–Trinajstić information content (AvgIpc) is 2.57. The number of nitrogens with zero attached hydrogens (tertiary/aromatic N) is 1. The van der Waals surface area contributed by atoms with Crippen molar-refractivity contribution in [2.45, 2.75) is 32.0 Å². The standard InChI is InChI=1S/C19H24N2O/c20-18-10-12-21(13-11-18)14-17-8-4-5-9-19(17)22-15-16-6-2-1-3-7-16/h1-9,18H,10-15,20H2. The summed E-state index contributed by atoms with van der Waals surface area (Å²) in [5.41, 5.74) is 8.43. The fraction of sp³-hybridized carbons (Fsp3) is 0.368. The monoisotopic (exact) mass is 296 g/mol. The van der Waals surface area contributed by atoms with E-state index in [1.54, 1.807) is 0 Å². The highest BCUT2D eigenvalue weighted by molar-refractivity contribution is 5.33. The Labute approximate surface area is 132 Å². The number of piperidine rings is 1. The van der Waals surface area contributed by atoms with E-state index in [1.165, 1.54) is 11.1 Å². The van der Waals surface area contributed by atoms with E-state index in [2.05, 4.69) is 35.2 Å². The summed E-state index contributed by atoms with van der Waals surface area (Å²) in [7, 11) is 0. The van der Waals surface area contributed by atoms with Crippen molar-refractivity contribution in [2.75, 3.05) is 13.1 Å². The van der Waals surface area contributed by atoms with Crippen molar-refractivity contribution in [1.82, 2.24) is 4.90 Å². The van der Waals surface area contributed by atoms with E-state index in [9.17, 15) is 0 Å². The van der Waals surface area contributed by atoms with Gasteiger partial charge in [0.25, 0.3) is 0 Å². The normalized spacial score (nSPS) is 16.6. The first kappa shape index (κ1) is 15.1. The van der Waals surface area contributed by atoms with E-state index in [0.717, 1.165) is 38.2 Å². The van der Waals surface area contributed by atoms with E-state index in [1.807, 2.05) is 24.3 Å². The molecule has 0 amide bonds. The highest BCUT2D eigenvalue weighted by Crippen LogP contribution is 2.22. The quantitative estimate of drug-likeness (QED) is 0.921. The van der Waals surface area contributed by atoms with Gasteiger partial charge in [-0.2, -0.15) is 0 Å². The largest absolute Gasteiger partial charge is 0.489 e. The number of para-hydroxylation sites is 1. The molecule has 0 aromatic heterocycles. The van der Waals surface area contributed by atoms with Crippen molar-refractivity contribution >= 4 is 0 Å². The second-order valence-corrected chi connectivity index (χ2v) is 6.00. The number of nitrogens with two attached hydrogens (primary N) is 1. The van der Waals surface area contributed by atoms with Crippen LogP contribution in [0, 0.1) is 0 Å². The Morgan fingerprint density at radius 1 is 0.955 bits per heavy atom. The van der Waals surface area contributed by atoms with E-state index >= 15 is 0 Å². The van der Waals surface area contributed by atoms with Gasteiger partial charge in [0, 0.05) is 18.2 Å². The number of likely N-dealkylation sites (tertiary alicyclic amines) is 1. The predicted molar refractivity (Wildman–Crippen MR) is 89.7 cm³/mol. The van der Waals surface area contributed by atoms with Gasteiger partial charge in [0.15, 0.2) is 0 Å². The summed E-state index contributed by atoms with van der Waals surface area (Å²) in [6.07, 6.45) is 2.18. The van der Waals surface area contributed by atoms with Crippen LogP contribution in [-0.2, 0) is 13.2 Å². The average molecular weight is 296 g/mol. The highest BCUT2D eigenvalue weighted by atomic mass is 16.5. The van der Waals surface area contributed by atoms with Gasteiger partial charge in [0.1, 0.15) is 12.4 Å². The summed E-state index contributed by atoms with van der Waals surface area (Å²) in [6, 6.07) is 19.0. The molecule has 3 rings (SSSR count). The maximum absolute atomic E-state index is 6.03. The Morgan fingerprint density at radius 3 is 2.41 bits per heavy atom. The molecule has 0 radical (unpaired) electrons. The first-order valence-corrected chi connectivity index (χ1v) is 8.04. The van der Waals surface area contributed by atoms with Gasteiger partial charge in [0.05, 0.1) is 0 Å². The third kappa shape index (κ3) is 4.09. The van der Waals surface area contributed by atoms with Gasteiger partial charge in [-0.15, -0.1) is 0 Å². The van der Waals surface area contributed by atoms with Crippen molar-refractivity contribution in [3.63, 3.8) is 0 Å². The SMILES string of the molecule is NC1CCN(Cc2ccccc2OCc2ccccc2)CC1. The fourth-order valence-electron chi connectivity index (χ4n) is 2.86. The third-order valence-electron chi connectivity index (χ3n) is 4.24. The molecule has 2 aromatic carbocycles. The molecule has 1 saturated heterocycles. The summed E-state index contributed by atoms with van der Waals surface area (Å²) in [5, 5.41) is 0. The van der Waals surface area contributed by atoms with Crippen LogP contribution in [0.3, 0.4) is 0 Å². The van der Waals surface area contributed by atoms with Crippen LogP contribution in [0.25, 0.3) is 0 Å². The molecule has 0 bridgehead atoms. The van der Waals surface area contributed by atoms with E-state index in [-0.39, 0.29) is 0 Å². The number of hydrogen-bond donors (Lipinski definition) is 1. The molecule has 0 spiro atoms. The van der Waals surface area contributed by atoms with Gasteiger partial charge in [-0.25, -0.2) is 0 Å². The molecule has 22 heavy (non-hydrogen) atoms. The van der Waals surface area contributed by atoms with Crippen LogP contribution in [0.15, 0.2) is 54.6 Å². The second-order valence-electron chi connectivity index (χ2n) is 6.00. The molecule has 1 aliphatic rings. The van der Waals surface area contributed by atoms with E-state index in [0.29, 0.717) is 12.6 Å². The Bertz CT molecular complexity index is 577. The lowest BCUT2D eigenvalue weighted by Crippen LogP contribution is -2.39. The zero-order chi connectivity index (χ0) is 15.2. The lowest BCUT2D eigenvalue weighted by molar-refractivity contribution is 0.201. The Morgan fingerprint density at radius 2 is 1.64 bits per heavy atom. The molecule has 1 aliphatic heterocycles. The van der Waals surface area contributed by atoms with Crippen LogP contribution in [0.5, 0.6) is 5.75 Å². The van der Waals surface area contributed by atoms with Crippen LogP contribution in [0.4, 0.5) is 0 Å². The Hall–Kier alpha value is -1.84. The van der Waals surface area contributed by atoms with Gasteiger partial charge in [0.2, 0.25) is 0 Å². The van der Waals surface area contributed by atoms with E-state index < -0.39 is 0 Å². The third-order valence-corrected chi connectivity index (χ3v) is 4.24. The van der Waals surface area contributed by atoms with Crippen molar-refractivity contribution in [1.29, 1.82) is 0 Å². The molecule has 2 N–H and O–H groups in total. The molecule has 1 heterocycles. The number of rotatable bonds is 5. The molecule has 3 heteroatoms.